The lowest BCUT2D eigenvalue weighted by atomic mass is 10.2. The third-order valence-corrected chi connectivity index (χ3v) is 6.63. The van der Waals surface area contributed by atoms with E-state index in [0.29, 0.717) is 23.0 Å². The first-order valence-corrected chi connectivity index (χ1v) is 11.6. The Morgan fingerprint density at radius 2 is 1.76 bits per heavy atom. The molecule has 0 radical (unpaired) electrons. The van der Waals surface area contributed by atoms with Crippen LogP contribution in [0.5, 0.6) is 0 Å². The number of thiophene rings is 1. The first-order valence-electron chi connectivity index (χ1n) is 10.8. The lowest BCUT2D eigenvalue weighted by molar-refractivity contribution is -0.131. The van der Waals surface area contributed by atoms with Gasteiger partial charge in [0.05, 0.1) is 22.7 Å². The van der Waals surface area contributed by atoms with Crippen LogP contribution in [0.1, 0.15) is 31.4 Å². The molecule has 172 valence electrons. The Morgan fingerprint density at radius 3 is 2.45 bits per heavy atom. The number of hydrogen-bond acceptors (Lipinski definition) is 6. The molecule has 1 fully saturated rings. The summed E-state index contributed by atoms with van der Waals surface area (Å²) in [7, 11) is 0. The predicted octanol–water partition coefficient (Wildman–Crippen LogP) is 2.98. The van der Waals surface area contributed by atoms with Crippen LogP contribution in [0.2, 0.25) is 0 Å². The third-order valence-electron chi connectivity index (χ3n) is 5.48. The van der Waals surface area contributed by atoms with Crippen molar-refractivity contribution < 1.29 is 18.8 Å². The van der Waals surface area contributed by atoms with Crippen LogP contribution in [0, 0.1) is 6.92 Å². The van der Waals surface area contributed by atoms with Crippen molar-refractivity contribution in [1.29, 1.82) is 0 Å². The average Bonchev–Trinajstić information content (AvgIpc) is 3.48. The number of nitrogens with zero attached hydrogens (tertiary/aromatic N) is 2. The van der Waals surface area contributed by atoms with Crippen molar-refractivity contribution in [1.82, 2.24) is 15.1 Å². The summed E-state index contributed by atoms with van der Waals surface area (Å²) in [6.07, 6.45) is 1.42. The normalized spacial score (nSPS) is 14.2. The molecule has 3 amide bonds. The van der Waals surface area contributed by atoms with E-state index in [1.54, 1.807) is 30.0 Å². The summed E-state index contributed by atoms with van der Waals surface area (Å²) in [5.74, 6) is -0.605. The van der Waals surface area contributed by atoms with Crippen molar-refractivity contribution in [3.05, 3.63) is 76.6 Å². The summed E-state index contributed by atoms with van der Waals surface area (Å²) < 4.78 is 5.08. The number of hydrogen-bond donors (Lipinski definition) is 2. The summed E-state index contributed by atoms with van der Waals surface area (Å²) in [5, 5.41) is 5.98. The lowest BCUT2D eigenvalue weighted by Crippen LogP contribution is -2.50. The minimum atomic E-state index is -0.380. The van der Waals surface area contributed by atoms with Gasteiger partial charge in [-0.3, -0.25) is 19.3 Å². The number of piperazine rings is 1. The second-order valence-corrected chi connectivity index (χ2v) is 8.93. The van der Waals surface area contributed by atoms with Gasteiger partial charge in [-0.15, -0.1) is 11.3 Å². The zero-order chi connectivity index (χ0) is 23.2. The molecule has 0 unspecified atom stereocenters. The number of anilines is 1. The van der Waals surface area contributed by atoms with Crippen LogP contribution in [0.25, 0.3) is 0 Å². The molecule has 1 aliphatic heterocycles. The van der Waals surface area contributed by atoms with E-state index in [1.165, 1.54) is 11.8 Å². The van der Waals surface area contributed by atoms with E-state index in [-0.39, 0.29) is 30.0 Å². The number of benzene rings is 1. The minimum absolute atomic E-state index is 0.0526. The zero-order valence-electron chi connectivity index (χ0n) is 18.4. The molecule has 3 aromatic rings. The maximum atomic E-state index is 12.6. The van der Waals surface area contributed by atoms with Gasteiger partial charge in [0.2, 0.25) is 5.91 Å². The SMILES string of the molecule is Cc1cc(NC(=O)c2ccco2)sc1C(=O)NCC(=O)N1CCN(Cc2ccccc2)CC1. The van der Waals surface area contributed by atoms with E-state index >= 15 is 0 Å². The van der Waals surface area contributed by atoms with E-state index in [0.717, 1.165) is 36.5 Å². The lowest BCUT2D eigenvalue weighted by Gasteiger charge is -2.34. The van der Waals surface area contributed by atoms with Crippen LogP contribution in [0.3, 0.4) is 0 Å². The number of amides is 3. The number of carbonyl (C=O) groups is 3. The fraction of sp³-hybridized carbons (Fsp3) is 0.292. The molecule has 33 heavy (non-hydrogen) atoms. The van der Waals surface area contributed by atoms with Gasteiger partial charge >= 0.3 is 0 Å². The molecular formula is C24H26N4O4S. The van der Waals surface area contributed by atoms with Crippen LogP contribution in [-0.2, 0) is 11.3 Å². The number of rotatable bonds is 7. The highest BCUT2D eigenvalue weighted by molar-refractivity contribution is 7.18. The van der Waals surface area contributed by atoms with Gasteiger partial charge in [-0.25, -0.2) is 0 Å². The van der Waals surface area contributed by atoms with Crippen molar-refractivity contribution in [3.63, 3.8) is 0 Å². The fourth-order valence-corrected chi connectivity index (χ4v) is 4.68. The van der Waals surface area contributed by atoms with Gasteiger partial charge in [0.1, 0.15) is 0 Å². The van der Waals surface area contributed by atoms with Gasteiger partial charge in [-0.2, -0.15) is 0 Å². The molecule has 0 bridgehead atoms. The van der Waals surface area contributed by atoms with Gasteiger partial charge in [-0.1, -0.05) is 30.3 Å². The van der Waals surface area contributed by atoms with Gasteiger partial charge in [0, 0.05) is 32.7 Å². The highest BCUT2D eigenvalue weighted by atomic mass is 32.1. The third kappa shape index (κ3) is 5.88. The Bertz CT molecular complexity index is 1100. The Hall–Kier alpha value is -3.43. The monoisotopic (exact) mass is 466 g/mol. The number of nitrogens with one attached hydrogen (secondary N) is 2. The summed E-state index contributed by atoms with van der Waals surface area (Å²) in [6, 6.07) is 15.2. The summed E-state index contributed by atoms with van der Waals surface area (Å²) >= 11 is 1.16. The highest BCUT2D eigenvalue weighted by Gasteiger charge is 2.22. The van der Waals surface area contributed by atoms with E-state index < -0.39 is 0 Å². The van der Waals surface area contributed by atoms with Gasteiger partial charge in [-0.05, 0) is 36.2 Å². The van der Waals surface area contributed by atoms with E-state index in [2.05, 4.69) is 27.7 Å². The van der Waals surface area contributed by atoms with E-state index in [4.69, 9.17) is 4.42 Å². The molecular weight excluding hydrogens is 440 g/mol. The second-order valence-electron chi connectivity index (χ2n) is 7.88. The Balaban J connectivity index is 1.24. The molecule has 2 aromatic heterocycles. The molecule has 2 N–H and O–H groups in total. The van der Waals surface area contributed by atoms with E-state index in [9.17, 15) is 14.4 Å². The molecule has 0 spiro atoms. The number of furan rings is 1. The molecule has 0 aliphatic carbocycles. The number of carbonyl (C=O) groups excluding carboxylic acids is 3. The molecule has 0 saturated carbocycles. The maximum absolute atomic E-state index is 12.6. The summed E-state index contributed by atoms with van der Waals surface area (Å²) in [5.41, 5.74) is 1.99. The molecule has 8 nitrogen and oxygen atoms in total. The minimum Gasteiger partial charge on any atom is -0.459 e. The smallest absolute Gasteiger partial charge is 0.291 e. The molecule has 1 aromatic carbocycles. The van der Waals surface area contributed by atoms with Crippen molar-refractivity contribution >= 4 is 34.1 Å². The molecule has 9 heteroatoms. The van der Waals surface area contributed by atoms with Crippen LogP contribution in [0.15, 0.2) is 59.2 Å². The fourth-order valence-electron chi connectivity index (χ4n) is 3.70. The summed E-state index contributed by atoms with van der Waals surface area (Å²) in [4.78, 5) is 41.9. The summed E-state index contributed by atoms with van der Waals surface area (Å²) in [6.45, 7) is 5.50. The highest BCUT2D eigenvalue weighted by Crippen LogP contribution is 2.27. The Morgan fingerprint density at radius 1 is 1.00 bits per heavy atom. The molecule has 1 aliphatic rings. The van der Waals surface area contributed by atoms with Crippen molar-refractivity contribution in [3.8, 4) is 0 Å². The van der Waals surface area contributed by atoms with Crippen LogP contribution < -0.4 is 10.6 Å². The van der Waals surface area contributed by atoms with Crippen LogP contribution >= 0.6 is 11.3 Å². The average molecular weight is 467 g/mol. The Labute approximate surface area is 196 Å². The van der Waals surface area contributed by atoms with Gasteiger partial charge in [0.15, 0.2) is 5.76 Å². The topological polar surface area (TPSA) is 94.9 Å². The van der Waals surface area contributed by atoms with Gasteiger partial charge in [0.25, 0.3) is 11.8 Å². The van der Waals surface area contributed by atoms with Gasteiger partial charge < -0.3 is 20.0 Å². The van der Waals surface area contributed by atoms with Crippen molar-refractivity contribution in [2.75, 3.05) is 38.0 Å². The molecule has 0 atom stereocenters. The second kappa shape index (κ2) is 10.5. The predicted molar refractivity (Wildman–Crippen MR) is 126 cm³/mol. The molecule has 4 rings (SSSR count). The van der Waals surface area contributed by atoms with Crippen LogP contribution in [0.4, 0.5) is 5.00 Å². The first kappa shape index (κ1) is 22.8. The largest absolute Gasteiger partial charge is 0.459 e. The maximum Gasteiger partial charge on any atom is 0.291 e. The van der Waals surface area contributed by atoms with Crippen molar-refractivity contribution in [2.45, 2.75) is 13.5 Å². The number of aryl methyl sites for hydroxylation is 1. The van der Waals surface area contributed by atoms with Crippen LogP contribution in [-0.4, -0.2) is 60.2 Å². The first-order chi connectivity index (χ1) is 16.0. The standard InChI is InChI=1S/C24H26N4O4S/c1-17-14-20(26-23(30)19-8-5-13-32-19)33-22(17)24(31)25-15-21(29)28-11-9-27(10-12-28)16-18-6-3-2-4-7-18/h2-8,13-14H,9-12,15-16H2,1H3,(H,25,31)(H,26,30). The van der Waals surface area contributed by atoms with E-state index in [1.807, 2.05) is 18.2 Å². The molecule has 3 heterocycles. The molecule has 1 saturated heterocycles. The quantitative estimate of drug-likeness (QED) is 0.558. The Kier molecular flexibility index (Phi) is 7.21. The van der Waals surface area contributed by atoms with Crippen molar-refractivity contribution in [2.24, 2.45) is 0 Å². The zero-order valence-corrected chi connectivity index (χ0v) is 19.2.